The smallest absolute Gasteiger partial charge is 0.125 e. The molecule has 0 aliphatic heterocycles. The molecule has 0 aliphatic carbocycles. The van der Waals surface area contributed by atoms with Gasteiger partial charge in [0, 0.05) is 11.1 Å². The fourth-order valence-electron chi connectivity index (χ4n) is 1.01. The molecular formula is C9H9Cl2FN2. The van der Waals surface area contributed by atoms with Gasteiger partial charge in [-0.3, -0.25) is 0 Å². The van der Waals surface area contributed by atoms with Crippen LogP contribution < -0.4 is 5.73 Å². The molecular weight excluding hydrogens is 226 g/mol. The second-order valence-corrected chi connectivity index (χ2v) is 3.11. The molecule has 0 bridgehead atoms. The van der Waals surface area contributed by atoms with Crippen LogP contribution in [-0.2, 0) is 0 Å². The van der Waals surface area contributed by atoms with E-state index in [1.807, 2.05) is 6.07 Å². The minimum absolute atomic E-state index is 0. The fraction of sp³-hybridized carbons (Fsp3) is 0.222. The molecule has 0 saturated carbocycles. The number of nitriles is 1. The highest BCUT2D eigenvalue weighted by molar-refractivity contribution is 6.30. The zero-order valence-electron chi connectivity index (χ0n) is 7.21. The Morgan fingerprint density at radius 2 is 2.14 bits per heavy atom. The summed E-state index contributed by atoms with van der Waals surface area (Å²) in [6, 6.07) is 5.49. The van der Waals surface area contributed by atoms with Gasteiger partial charge in [-0.25, -0.2) is 4.39 Å². The monoisotopic (exact) mass is 234 g/mol. The van der Waals surface area contributed by atoms with Crippen LogP contribution >= 0.6 is 24.0 Å². The highest BCUT2D eigenvalue weighted by atomic mass is 35.5. The van der Waals surface area contributed by atoms with Crippen LogP contribution in [0, 0.1) is 17.1 Å². The molecule has 0 fully saturated rings. The molecule has 1 aromatic rings. The lowest BCUT2D eigenvalue weighted by Crippen LogP contribution is -2.09. The minimum atomic E-state index is -0.474. The second-order valence-electron chi connectivity index (χ2n) is 2.67. The van der Waals surface area contributed by atoms with Gasteiger partial charge in [0.1, 0.15) is 5.82 Å². The maximum absolute atomic E-state index is 12.8. The topological polar surface area (TPSA) is 49.8 Å². The second kappa shape index (κ2) is 5.82. The van der Waals surface area contributed by atoms with E-state index in [0.717, 1.165) is 0 Å². The molecule has 0 aromatic heterocycles. The third-order valence-electron chi connectivity index (χ3n) is 1.62. The van der Waals surface area contributed by atoms with E-state index >= 15 is 0 Å². The molecule has 1 rings (SSSR count). The van der Waals surface area contributed by atoms with Crippen molar-refractivity contribution in [2.24, 2.45) is 5.73 Å². The Morgan fingerprint density at radius 3 is 2.64 bits per heavy atom. The average Bonchev–Trinajstić information content (AvgIpc) is 2.03. The summed E-state index contributed by atoms with van der Waals surface area (Å²) in [6.45, 7) is 0. The van der Waals surface area contributed by atoms with Crippen molar-refractivity contribution in [3.63, 3.8) is 0 Å². The van der Waals surface area contributed by atoms with Crippen LogP contribution in [0.3, 0.4) is 0 Å². The standard InChI is InChI=1S/C9H8ClFN2.ClH/c10-7-3-6(4-8(11)5-7)9(13)1-2-12;/h3-5,9H,1,13H2;1H/t9-;/m0./s1. The van der Waals surface area contributed by atoms with Crippen LogP contribution in [0.15, 0.2) is 18.2 Å². The van der Waals surface area contributed by atoms with Crippen molar-refractivity contribution in [3.8, 4) is 6.07 Å². The van der Waals surface area contributed by atoms with E-state index in [4.69, 9.17) is 22.6 Å². The quantitative estimate of drug-likeness (QED) is 0.856. The van der Waals surface area contributed by atoms with Gasteiger partial charge in [0.15, 0.2) is 0 Å². The number of nitrogens with two attached hydrogens (primary N) is 1. The number of rotatable bonds is 2. The summed E-state index contributed by atoms with van der Waals surface area (Å²) >= 11 is 5.62. The van der Waals surface area contributed by atoms with Gasteiger partial charge in [0.25, 0.3) is 0 Å². The van der Waals surface area contributed by atoms with Crippen molar-refractivity contribution in [1.82, 2.24) is 0 Å². The Bertz CT molecular complexity index is 329. The van der Waals surface area contributed by atoms with Crippen LogP contribution in [-0.4, -0.2) is 0 Å². The zero-order valence-corrected chi connectivity index (χ0v) is 8.78. The molecule has 0 spiro atoms. The Hall–Kier alpha value is -0.820. The van der Waals surface area contributed by atoms with Gasteiger partial charge in [0.2, 0.25) is 0 Å². The number of nitrogens with zero attached hydrogens (tertiary/aromatic N) is 1. The predicted molar refractivity (Wildman–Crippen MR) is 55.8 cm³/mol. The molecule has 0 saturated heterocycles. The van der Waals surface area contributed by atoms with Gasteiger partial charge in [0.05, 0.1) is 12.5 Å². The first-order valence-corrected chi connectivity index (χ1v) is 4.10. The van der Waals surface area contributed by atoms with Crippen molar-refractivity contribution < 1.29 is 4.39 Å². The van der Waals surface area contributed by atoms with E-state index in [1.54, 1.807) is 6.07 Å². The average molecular weight is 235 g/mol. The van der Waals surface area contributed by atoms with Crippen molar-refractivity contribution in [1.29, 1.82) is 5.26 Å². The van der Waals surface area contributed by atoms with Gasteiger partial charge < -0.3 is 5.73 Å². The molecule has 0 heterocycles. The van der Waals surface area contributed by atoms with E-state index in [-0.39, 0.29) is 18.8 Å². The van der Waals surface area contributed by atoms with Crippen molar-refractivity contribution in [2.75, 3.05) is 0 Å². The number of hydrogen-bond acceptors (Lipinski definition) is 2. The Morgan fingerprint density at radius 1 is 1.50 bits per heavy atom. The first-order chi connectivity index (χ1) is 6.13. The van der Waals surface area contributed by atoms with Gasteiger partial charge in [-0.05, 0) is 23.8 Å². The normalized spacial score (nSPS) is 11.3. The van der Waals surface area contributed by atoms with Gasteiger partial charge in [-0.1, -0.05) is 11.6 Å². The third kappa shape index (κ3) is 3.51. The molecule has 5 heteroatoms. The van der Waals surface area contributed by atoms with Crippen LogP contribution in [0.5, 0.6) is 0 Å². The summed E-state index contributed by atoms with van der Waals surface area (Å²) < 4.78 is 12.8. The lowest BCUT2D eigenvalue weighted by atomic mass is 10.1. The van der Waals surface area contributed by atoms with Crippen molar-refractivity contribution in [2.45, 2.75) is 12.5 Å². The van der Waals surface area contributed by atoms with Crippen LogP contribution in [0.4, 0.5) is 4.39 Å². The highest BCUT2D eigenvalue weighted by Gasteiger charge is 2.07. The molecule has 76 valence electrons. The fourth-order valence-corrected chi connectivity index (χ4v) is 1.24. The molecule has 1 atom stereocenters. The Labute approximate surface area is 92.9 Å². The Balaban J connectivity index is 0.00000169. The number of benzene rings is 1. The van der Waals surface area contributed by atoms with E-state index in [2.05, 4.69) is 0 Å². The van der Waals surface area contributed by atoms with Gasteiger partial charge in [-0.15, -0.1) is 12.4 Å². The SMILES string of the molecule is Cl.N#CC[C@H](N)c1cc(F)cc(Cl)c1. The molecule has 0 radical (unpaired) electrons. The summed E-state index contributed by atoms with van der Waals surface area (Å²) in [7, 11) is 0. The number of hydrogen-bond donors (Lipinski definition) is 1. The summed E-state index contributed by atoms with van der Waals surface area (Å²) in [5.41, 5.74) is 6.14. The first kappa shape index (κ1) is 13.2. The van der Waals surface area contributed by atoms with Crippen LogP contribution in [0.25, 0.3) is 0 Å². The minimum Gasteiger partial charge on any atom is -0.323 e. The van der Waals surface area contributed by atoms with E-state index in [9.17, 15) is 4.39 Å². The summed E-state index contributed by atoms with van der Waals surface area (Å²) in [5.74, 6) is -0.434. The summed E-state index contributed by atoms with van der Waals surface area (Å²) in [4.78, 5) is 0. The molecule has 14 heavy (non-hydrogen) atoms. The Kier molecular flexibility index (Phi) is 5.47. The highest BCUT2D eigenvalue weighted by Crippen LogP contribution is 2.20. The summed E-state index contributed by atoms with van der Waals surface area (Å²) in [5, 5.41) is 8.67. The molecule has 2 nitrogen and oxygen atoms in total. The van der Waals surface area contributed by atoms with Crippen LogP contribution in [0.1, 0.15) is 18.0 Å². The largest absolute Gasteiger partial charge is 0.323 e. The van der Waals surface area contributed by atoms with E-state index in [0.29, 0.717) is 10.6 Å². The maximum atomic E-state index is 12.8. The molecule has 0 unspecified atom stereocenters. The third-order valence-corrected chi connectivity index (χ3v) is 1.84. The molecule has 2 N–H and O–H groups in total. The predicted octanol–water partition coefficient (Wildman–Crippen LogP) is 2.81. The number of halogens is 3. The van der Waals surface area contributed by atoms with Crippen molar-refractivity contribution >= 4 is 24.0 Å². The zero-order chi connectivity index (χ0) is 9.84. The van der Waals surface area contributed by atoms with Crippen molar-refractivity contribution in [3.05, 3.63) is 34.6 Å². The maximum Gasteiger partial charge on any atom is 0.125 e. The summed E-state index contributed by atoms with van der Waals surface area (Å²) in [6.07, 6.45) is 0.153. The van der Waals surface area contributed by atoms with Crippen LogP contribution in [0.2, 0.25) is 5.02 Å². The lowest BCUT2D eigenvalue weighted by molar-refractivity contribution is 0.620. The first-order valence-electron chi connectivity index (χ1n) is 3.72. The van der Waals surface area contributed by atoms with E-state index in [1.165, 1.54) is 12.1 Å². The molecule has 0 aliphatic rings. The van der Waals surface area contributed by atoms with E-state index < -0.39 is 11.9 Å². The lowest BCUT2D eigenvalue weighted by Gasteiger charge is -2.07. The van der Waals surface area contributed by atoms with Gasteiger partial charge in [-0.2, -0.15) is 5.26 Å². The van der Waals surface area contributed by atoms with Gasteiger partial charge >= 0.3 is 0 Å². The molecule has 0 amide bonds. The molecule has 1 aromatic carbocycles.